The van der Waals surface area contributed by atoms with Gasteiger partial charge in [0, 0.05) is 4.88 Å². The summed E-state index contributed by atoms with van der Waals surface area (Å²) in [6, 6.07) is 8.81. The van der Waals surface area contributed by atoms with Gasteiger partial charge in [-0.1, -0.05) is 6.92 Å². The lowest BCUT2D eigenvalue weighted by molar-refractivity contribution is 0.0958. The van der Waals surface area contributed by atoms with Crippen LogP contribution in [0.4, 0.5) is 0 Å². The van der Waals surface area contributed by atoms with E-state index in [1.165, 1.54) is 16.9 Å². The van der Waals surface area contributed by atoms with Gasteiger partial charge >= 0.3 is 0 Å². The molecule has 0 bridgehead atoms. The Balaban J connectivity index is 1.73. The lowest BCUT2D eigenvalue weighted by Crippen LogP contribution is -2.19. The molecule has 0 unspecified atom stereocenters. The molecule has 3 rings (SSSR count). The molecule has 0 radical (unpaired) electrons. The van der Waals surface area contributed by atoms with E-state index in [2.05, 4.69) is 10.5 Å². The second kappa shape index (κ2) is 6.32. The lowest BCUT2D eigenvalue weighted by atomic mass is 10.1. The van der Waals surface area contributed by atoms with Crippen molar-refractivity contribution in [3.05, 3.63) is 51.2 Å². The normalized spacial score (nSPS) is 14.0. The van der Waals surface area contributed by atoms with Gasteiger partial charge in [0.2, 0.25) is 0 Å². The van der Waals surface area contributed by atoms with Crippen LogP contribution in [0.1, 0.15) is 45.4 Å². The van der Waals surface area contributed by atoms with Gasteiger partial charge in [0.05, 0.1) is 10.6 Å². The van der Waals surface area contributed by atoms with Crippen molar-refractivity contribution in [2.24, 2.45) is 5.10 Å². The average molecular weight is 314 g/mol. The summed E-state index contributed by atoms with van der Waals surface area (Å²) < 4.78 is 0. The standard InChI is InChI=1S/C17H18N2O2S/c1-2-14(11-6-8-13(20)9-7-11)18-19-17(21)16-10-12-4-3-5-15(12)22-16/h6-10,20H,2-5H2,1H3,(H,19,21)/b18-14+. The number of benzene rings is 1. The number of aryl methyl sites for hydroxylation is 2. The van der Waals surface area contributed by atoms with E-state index < -0.39 is 0 Å². The predicted molar refractivity (Wildman–Crippen MR) is 88.7 cm³/mol. The van der Waals surface area contributed by atoms with E-state index in [9.17, 15) is 9.90 Å². The Morgan fingerprint density at radius 3 is 2.77 bits per heavy atom. The molecule has 1 amide bonds. The minimum absolute atomic E-state index is 0.149. The van der Waals surface area contributed by atoms with Crippen LogP contribution in [0, 0.1) is 0 Å². The maximum Gasteiger partial charge on any atom is 0.281 e. The van der Waals surface area contributed by atoms with Gasteiger partial charge in [-0.25, -0.2) is 5.43 Å². The van der Waals surface area contributed by atoms with Crippen molar-refractivity contribution in [3.63, 3.8) is 0 Å². The second-order valence-corrected chi connectivity index (χ2v) is 6.45. The molecule has 2 aromatic rings. The van der Waals surface area contributed by atoms with Crippen LogP contribution in [-0.2, 0) is 12.8 Å². The maximum atomic E-state index is 12.2. The summed E-state index contributed by atoms with van der Waals surface area (Å²) in [5.41, 5.74) is 5.65. The molecule has 0 saturated heterocycles. The summed E-state index contributed by atoms with van der Waals surface area (Å²) in [5, 5.41) is 13.6. The molecule has 0 aliphatic heterocycles. The Morgan fingerprint density at radius 2 is 2.09 bits per heavy atom. The van der Waals surface area contributed by atoms with E-state index in [0.717, 1.165) is 29.0 Å². The zero-order valence-electron chi connectivity index (χ0n) is 12.4. The van der Waals surface area contributed by atoms with Gasteiger partial charge in [0.15, 0.2) is 0 Å². The molecule has 114 valence electrons. The summed E-state index contributed by atoms with van der Waals surface area (Å²) in [4.78, 5) is 14.3. The van der Waals surface area contributed by atoms with Crippen LogP contribution in [-0.4, -0.2) is 16.7 Å². The molecule has 1 aliphatic carbocycles. The molecule has 4 nitrogen and oxygen atoms in total. The Morgan fingerprint density at radius 1 is 1.32 bits per heavy atom. The highest BCUT2D eigenvalue weighted by Gasteiger charge is 2.18. The number of amides is 1. The number of fused-ring (bicyclic) bond motifs is 1. The summed E-state index contributed by atoms with van der Waals surface area (Å²) in [5.74, 6) is 0.0699. The number of rotatable bonds is 4. The number of hydrogen-bond acceptors (Lipinski definition) is 4. The highest BCUT2D eigenvalue weighted by Crippen LogP contribution is 2.30. The number of phenolic OH excluding ortho intramolecular Hbond substituents is 1. The molecular weight excluding hydrogens is 296 g/mol. The Kier molecular flexibility index (Phi) is 4.24. The molecule has 0 saturated carbocycles. The third-order valence-electron chi connectivity index (χ3n) is 3.80. The fraction of sp³-hybridized carbons (Fsp3) is 0.294. The number of hydrazone groups is 1. The first-order valence-electron chi connectivity index (χ1n) is 7.45. The number of aromatic hydroxyl groups is 1. The van der Waals surface area contributed by atoms with Gasteiger partial charge < -0.3 is 5.11 Å². The van der Waals surface area contributed by atoms with Crippen LogP contribution in [0.5, 0.6) is 5.75 Å². The van der Waals surface area contributed by atoms with Gasteiger partial charge in [-0.05, 0) is 67.1 Å². The summed E-state index contributed by atoms with van der Waals surface area (Å²) >= 11 is 1.57. The number of hydrogen-bond donors (Lipinski definition) is 2. The molecule has 1 heterocycles. The van der Waals surface area contributed by atoms with Gasteiger partial charge in [-0.15, -0.1) is 11.3 Å². The smallest absolute Gasteiger partial charge is 0.281 e. The minimum atomic E-state index is -0.149. The quantitative estimate of drug-likeness (QED) is 0.670. The van der Waals surface area contributed by atoms with E-state index in [1.807, 2.05) is 13.0 Å². The van der Waals surface area contributed by atoms with Crippen molar-refractivity contribution in [1.82, 2.24) is 5.43 Å². The van der Waals surface area contributed by atoms with Crippen LogP contribution < -0.4 is 5.43 Å². The SMILES string of the molecule is CC/C(=N\NC(=O)c1cc2c(s1)CCC2)c1ccc(O)cc1. The molecule has 1 aliphatic rings. The molecule has 0 spiro atoms. The van der Waals surface area contributed by atoms with E-state index in [4.69, 9.17) is 0 Å². The number of nitrogens with one attached hydrogen (secondary N) is 1. The van der Waals surface area contributed by atoms with Crippen molar-refractivity contribution >= 4 is 23.0 Å². The fourth-order valence-corrected chi connectivity index (χ4v) is 3.76. The monoisotopic (exact) mass is 314 g/mol. The third-order valence-corrected chi connectivity index (χ3v) is 5.03. The largest absolute Gasteiger partial charge is 0.508 e. The Labute approximate surface area is 133 Å². The highest BCUT2D eigenvalue weighted by atomic mass is 32.1. The summed E-state index contributed by atoms with van der Waals surface area (Å²) in [7, 11) is 0. The van der Waals surface area contributed by atoms with Gasteiger partial charge in [-0.2, -0.15) is 5.10 Å². The number of carbonyl (C=O) groups is 1. The predicted octanol–water partition coefficient (Wildman–Crippen LogP) is 3.49. The molecule has 1 aromatic heterocycles. The van der Waals surface area contributed by atoms with Gasteiger partial charge in [0.25, 0.3) is 5.91 Å². The van der Waals surface area contributed by atoms with Crippen LogP contribution in [0.25, 0.3) is 0 Å². The molecule has 1 aromatic carbocycles. The van der Waals surface area contributed by atoms with E-state index in [1.54, 1.807) is 35.6 Å². The lowest BCUT2D eigenvalue weighted by Gasteiger charge is -2.05. The second-order valence-electron chi connectivity index (χ2n) is 5.31. The summed E-state index contributed by atoms with van der Waals surface area (Å²) in [6.07, 6.45) is 4.06. The third kappa shape index (κ3) is 3.04. The number of carbonyl (C=O) groups excluding carboxylic acids is 1. The van der Waals surface area contributed by atoms with E-state index in [-0.39, 0.29) is 11.7 Å². The van der Waals surface area contributed by atoms with Crippen molar-refractivity contribution < 1.29 is 9.90 Å². The number of phenols is 1. The minimum Gasteiger partial charge on any atom is -0.508 e. The maximum absolute atomic E-state index is 12.2. The number of thiophene rings is 1. The first-order chi connectivity index (χ1) is 10.7. The Bertz CT molecular complexity index is 695. The zero-order valence-corrected chi connectivity index (χ0v) is 13.2. The molecule has 0 fully saturated rings. The molecular formula is C17H18N2O2S. The van der Waals surface area contributed by atoms with E-state index >= 15 is 0 Å². The van der Waals surface area contributed by atoms with Crippen molar-refractivity contribution in [3.8, 4) is 5.75 Å². The van der Waals surface area contributed by atoms with Crippen LogP contribution in [0.15, 0.2) is 35.4 Å². The first-order valence-corrected chi connectivity index (χ1v) is 8.27. The van der Waals surface area contributed by atoms with Gasteiger partial charge in [-0.3, -0.25) is 4.79 Å². The Hall–Kier alpha value is -2.14. The average Bonchev–Trinajstić information content (AvgIpc) is 3.10. The van der Waals surface area contributed by atoms with Crippen molar-refractivity contribution in [2.45, 2.75) is 32.6 Å². The van der Waals surface area contributed by atoms with Crippen LogP contribution in [0.2, 0.25) is 0 Å². The molecule has 22 heavy (non-hydrogen) atoms. The van der Waals surface area contributed by atoms with Crippen molar-refractivity contribution in [2.75, 3.05) is 0 Å². The zero-order chi connectivity index (χ0) is 15.5. The van der Waals surface area contributed by atoms with E-state index in [0.29, 0.717) is 6.42 Å². The molecule has 2 N–H and O–H groups in total. The highest BCUT2D eigenvalue weighted by molar-refractivity contribution is 7.14. The summed E-state index contributed by atoms with van der Waals surface area (Å²) in [6.45, 7) is 1.98. The van der Waals surface area contributed by atoms with Crippen LogP contribution >= 0.6 is 11.3 Å². The molecule has 5 heteroatoms. The van der Waals surface area contributed by atoms with Gasteiger partial charge in [0.1, 0.15) is 5.75 Å². The molecule has 0 atom stereocenters. The number of nitrogens with zero attached hydrogens (tertiary/aromatic N) is 1. The topological polar surface area (TPSA) is 61.7 Å². The fourth-order valence-electron chi connectivity index (χ4n) is 2.62. The van der Waals surface area contributed by atoms with Crippen LogP contribution in [0.3, 0.4) is 0 Å². The first kappa shape index (κ1) is 14.8. The van der Waals surface area contributed by atoms with Crippen molar-refractivity contribution in [1.29, 1.82) is 0 Å².